The van der Waals surface area contributed by atoms with Crippen molar-refractivity contribution in [2.24, 2.45) is 7.05 Å². The molecule has 4 rings (SSSR count). The molecule has 0 saturated heterocycles. The summed E-state index contributed by atoms with van der Waals surface area (Å²) in [5, 5.41) is 3.89. The monoisotopic (exact) mass is 439 g/mol. The minimum atomic E-state index is -0.459. The van der Waals surface area contributed by atoms with Crippen molar-refractivity contribution in [3.8, 4) is 5.75 Å². The fourth-order valence-corrected chi connectivity index (χ4v) is 3.58. The first-order chi connectivity index (χ1) is 13.6. The van der Waals surface area contributed by atoms with Crippen LogP contribution in [-0.4, -0.2) is 22.6 Å². The number of nitrogens with one attached hydrogen (secondary N) is 1. The number of imidazole rings is 1. The summed E-state index contributed by atoms with van der Waals surface area (Å²) in [7, 11) is 3.50. The summed E-state index contributed by atoms with van der Waals surface area (Å²) < 4.78 is 13.8. The van der Waals surface area contributed by atoms with Crippen molar-refractivity contribution >= 4 is 32.8 Å². The SMILES string of the molecule is COc1cccc(C(NC(=O)c2cc3cccc(Br)c3o2)c2nccn2C)c1. The Bertz CT molecular complexity index is 1150. The summed E-state index contributed by atoms with van der Waals surface area (Å²) in [5.74, 6) is 1.33. The molecule has 7 heteroatoms. The smallest absolute Gasteiger partial charge is 0.287 e. The highest BCUT2D eigenvalue weighted by atomic mass is 79.9. The van der Waals surface area contributed by atoms with Crippen molar-refractivity contribution in [2.45, 2.75) is 6.04 Å². The Morgan fingerprint density at radius 3 is 2.79 bits per heavy atom. The van der Waals surface area contributed by atoms with Crippen LogP contribution >= 0.6 is 15.9 Å². The maximum Gasteiger partial charge on any atom is 0.287 e. The van der Waals surface area contributed by atoms with Gasteiger partial charge in [0.2, 0.25) is 0 Å². The number of furan rings is 1. The van der Waals surface area contributed by atoms with Gasteiger partial charge in [-0.1, -0.05) is 24.3 Å². The summed E-state index contributed by atoms with van der Waals surface area (Å²) in [6.45, 7) is 0. The lowest BCUT2D eigenvalue weighted by Gasteiger charge is -2.19. The first-order valence-electron chi connectivity index (χ1n) is 8.67. The number of benzene rings is 2. The van der Waals surface area contributed by atoms with E-state index >= 15 is 0 Å². The molecule has 2 aromatic heterocycles. The van der Waals surface area contributed by atoms with Crippen LogP contribution in [-0.2, 0) is 7.05 Å². The first-order valence-corrected chi connectivity index (χ1v) is 9.46. The third kappa shape index (κ3) is 3.41. The number of aryl methyl sites for hydroxylation is 1. The molecule has 1 amide bonds. The molecule has 0 fully saturated rings. The van der Waals surface area contributed by atoms with E-state index in [1.165, 1.54) is 0 Å². The number of rotatable bonds is 5. The van der Waals surface area contributed by atoms with E-state index in [4.69, 9.17) is 9.15 Å². The summed E-state index contributed by atoms with van der Waals surface area (Å²) in [4.78, 5) is 17.4. The highest BCUT2D eigenvalue weighted by molar-refractivity contribution is 9.10. The van der Waals surface area contributed by atoms with Crippen molar-refractivity contribution in [3.05, 3.63) is 82.5 Å². The molecule has 28 heavy (non-hydrogen) atoms. The van der Waals surface area contributed by atoms with Gasteiger partial charge in [-0.25, -0.2) is 4.98 Å². The fourth-order valence-electron chi connectivity index (χ4n) is 3.11. The van der Waals surface area contributed by atoms with Crippen LogP contribution in [0.5, 0.6) is 5.75 Å². The maximum absolute atomic E-state index is 13.0. The Kier molecular flexibility index (Phi) is 4.92. The van der Waals surface area contributed by atoms with E-state index in [2.05, 4.69) is 26.2 Å². The summed E-state index contributed by atoms with van der Waals surface area (Å²) in [6, 6.07) is 14.5. The molecule has 6 nitrogen and oxygen atoms in total. The Morgan fingerprint density at radius 1 is 1.25 bits per heavy atom. The van der Waals surface area contributed by atoms with Crippen LogP contribution in [0.15, 0.2) is 69.8 Å². The minimum Gasteiger partial charge on any atom is -0.497 e. The standard InChI is InChI=1S/C21H18BrN3O3/c1-25-10-9-23-20(25)18(13-5-3-7-15(11-13)27-2)24-21(26)17-12-14-6-4-8-16(22)19(14)28-17/h3-12,18H,1-2H3,(H,24,26). The maximum atomic E-state index is 13.0. The van der Waals surface area contributed by atoms with Crippen LogP contribution in [0.2, 0.25) is 0 Å². The number of nitrogens with zero attached hydrogens (tertiary/aromatic N) is 2. The highest BCUT2D eigenvalue weighted by Gasteiger charge is 2.24. The normalized spacial score (nSPS) is 12.1. The van der Waals surface area contributed by atoms with Crippen molar-refractivity contribution in [2.75, 3.05) is 7.11 Å². The van der Waals surface area contributed by atoms with Crippen molar-refractivity contribution in [1.82, 2.24) is 14.9 Å². The molecule has 2 aromatic carbocycles. The van der Waals surface area contributed by atoms with E-state index in [1.54, 1.807) is 19.4 Å². The number of hydrogen-bond acceptors (Lipinski definition) is 4. The third-order valence-corrected chi connectivity index (χ3v) is 5.16. The van der Waals surface area contributed by atoms with Gasteiger partial charge in [0.25, 0.3) is 5.91 Å². The van der Waals surface area contributed by atoms with Gasteiger partial charge in [0.15, 0.2) is 5.76 Å². The number of fused-ring (bicyclic) bond motifs is 1. The van der Waals surface area contributed by atoms with E-state index < -0.39 is 6.04 Å². The van der Waals surface area contributed by atoms with Crippen LogP contribution in [0.1, 0.15) is 28.0 Å². The van der Waals surface area contributed by atoms with Gasteiger partial charge >= 0.3 is 0 Å². The van der Waals surface area contributed by atoms with Crippen LogP contribution in [0, 0.1) is 0 Å². The lowest BCUT2D eigenvalue weighted by Crippen LogP contribution is -2.30. The second kappa shape index (κ2) is 7.52. The molecule has 4 aromatic rings. The second-order valence-corrected chi connectivity index (χ2v) is 7.20. The number of halogens is 1. The van der Waals surface area contributed by atoms with Gasteiger partial charge in [-0.3, -0.25) is 4.79 Å². The van der Waals surface area contributed by atoms with Crippen LogP contribution in [0.4, 0.5) is 0 Å². The number of ether oxygens (including phenoxy) is 1. The predicted molar refractivity (Wildman–Crippen MR) is 109 cm³/mol. The molecule has 1 unspecified atom stereocenters. The molecule has 0 radical (unpaired) electrons. The van der Waals surface area contributed by atoms with Crippen molar-refractivity contribution < 1.29 is 13.9 Å². The summed E-state index contributed by atoms with van der Waals surface area (Å²) >= 11 is 3.45. The van der Waals surface area contributed by atoms with Crippen molar-refractivity contribution in [1.29, 1.82) is 0 Å². The van der Waals surface area contributed by atoms with Crippen LogP contribution < -0.4 is 10.1 Å². The lowest BCUT2D eigenvalue weighted by molar-refractivity contribution is 0.0915. The fraction of sp³-hybridized carbons (Fsp3) is 0.143. The lowest BCUT2D eigenvalue weighted by atomic mass is 10.1. The topological polar surface area (TPSA) is 69.3 Å². The Labute approximate surface area is 170 Å². The quantitative estimate of drug-likeness (QED) is 0.498. The van der Waals surface area contributed by atoms with E-state index in [1.807, 2.05) is 60.3 Å². The van der Waals surface area contributed by atoms with Gasteiger partial charge in [0.05, 0.1) is 11.6 Å². The van der Waals surface area contributed by atoms with Gasteiger partial charge in [-0.2, -0.15) is 0 Å². The molecule has 1 N–H and O–H groups in total. The molecule has 0 aliphatic carbocycles. The molecule has 1 atom stereocenters. The number of aromatic nitrogens is 2. The van der Waals surface area contributed by atoms with Crippen LogP contribution in [0.3, 0.4) is 0 Å². The third-order valence-electron chi connectivity index (χ3n) is 4.54. The number of para-hydroxylation sites is 1. The molecule has 0 aliphatic rings. The zero-order valence-electron chi connectivity index (χ0n) is 15.3. The molecule has 2 heterocycles. The zero-order valence-corrected chi connectivity index (χ0v) is 16.9. The number of carbonyl (C=O) groups excluding carboxylic acids is 1. The van der Waals surface area contributed by atoms with Crippen LogP contribution in [0.25, 0.3) is 11.0 Å². The average molecular weight is 440 g/mol. The van der Waals surface area contributed by atoms with E-state index in [0.29, 0.717) is 17.2 Å². The summed E-state index contributed by atoms with van der Waals surface area (Å²) in [6.07, 6.45) is 3.54. The molecule has 0 bridgehead atoms. The Morgan fingerprint density at radius 2 is 2.07 bits per heavy atom. The molecule has 142 valence electrons. The van der Waals surface area contributed by atoms with Crippen molar-refractivity contribution in [3.63, 3.8) is 0 Å². The molecule has 0 spiro atoms. The number of methoxy groups -OCH3 is 1. The van der Waals surface area contributed by atoms with Gasteiger partial charge in [0.1, 0.15) is 23.2 Å². The second-order valence-electron chi connectivity index (χ2n) is 6.35. The Balaban J connectivity index is 1.71. The van der Waals surface area contributed by atoms with E-state index in [9.17, 15) is 4.79 Å². The van der Waals surface area contributed by atoms with E-state index in [-0.39, 0.29) is 11.7 Å². The van der Waals surface area contributed by atoms with Gasteiger partial charge in [-0.15, -0.1) is 0 Å². The number of hydrogen-bond donors (Lipinski definition) is 1. The largest absolute Gasteiger partial charge is 0.497 e. The predicted octanol–water partition coefficient (Wildman–Crippen LogP) is 4.46. The van der Waals surface area contributed by atoms with Gasteiger partial charge in [-0.05, 0) is 45.8 Å². The molecule has 0 aliphatic heterocycles. The first kappa shape index (κ1) is 18.3. The summed E-state index contributed by atoms with van der Waals surface area (Å²) in [5.41, 5.74) is 1.50. The number of amides is 1. The highest BCUT2D eigenvalue weighted by Crippen LogP contribution is 2.28. The van der Waals surface area contributed by atoms with Gasteiger partial charge in [0, 0.05) is 24.8 Å². The molecular weight excluding hydrogens is 422 g/mol. The van der Waals surface area contributed by atoms with E-state index in [0.717, 1.165) is 15.4 Å². The molecular formula is C21H18BrN3O3. The Hall–Kier alpha value is -3.06. The van der Waals surface area contributed by atoms with Gasteiger partial charge < -0.3 is 19.0 Å². The zero-order chi connectivity index (χ0) is 19.7. The number of carbonyl (C=O) groups is 1. The minimum absolute atomic E-state index is 0.240. The average Bonchev–Trinajstić information content (AvgIpc) is 3.33. The molecule has 0 saturated carbocycles.